The minimum absolute atomic E-state index is 0.155. The molecule has 2 aliphatic rings. The molecule has 0 spiro atoms. The quantitative estimate of drug-likeness (QED) is 0.798. The maximum absolute atomic E-state index is 12.1. The molecule has 0 radical (unpaired) electrons. The standard InChI is InChI=1S/C17H26N4O3/c22-17(19-11-15-3-1-2-5-18-15)20-12-16(14-4-8-24-13-14)21-6-9-23-10-7-21/h1-3,5,14,16H,4,6-13H2,(H2,19,20,22). The Morgan fingerprint density at radius 1 is 1.25 bits per heavy atom. The molecule has 3 rings (SSSR count). The van der Waals surface area contributed by atoms with E-state index in [-0.39, 0.29) is 6.03 Å². The molecule has 7 heteroatoms. The molecule has 1 aromatic heterocycles. The lowest BCUT2D eigenvalue weighted by molar-refractivity contribution is 0.00212. The van der Waals surface area contributed by atoms with Gasteiger partial charge in [0, 0.05) is 44.4 Å². The number of nitrogens with one attached hydrogen (secondary N) is 2. The molecule has 2 amide bonds. The number of urea groups is 1. The first kappa shape index (κ1) is 17.1. The third-order valence-corrected chi connectivity index (χ3v) is 4.65. The van der Waals surface area contributed by atoms with Gasteiger partial charge in [0.2, 0.25) is 0 Å². The fourth-order valence-corrected chi connectivity index (χ4v) is 3.29. The molecule has 1 aromatic rings. The van der Waals surface area contributed by atoms with E-state index in [1.807, 2.05) is 18.2 Å². The van der Waals surface area contributed by atoms with Gasteiger partial charge in [-0.05, 0) is 18.6 Å². The van der Waals surface area contributed by atoms with Crippen LogP contribution >= 0.6 is 0 Å². The van der Waals surface area contributed by atoms with Gasteiger partial charge in [-0.15, -0.1) is 0 Å². The molecular formula is C17H26N4O3. The maximum atomic E-state index is 12.1. The van der Waals surface area contributed by atoms with E-state index in [2.05, 4.69) is 20.5 Å². The summed E-state index contributed by atoms with van der Waals surface area (Å²) >= 11 is 0. The number of carbonyl (C=O) groups excluding carboxylic acids is 1. The lowest BCUT2D eigenvalue weighted by Gasteiger charge is -2.37. The Balaban J connectivity index is 1.47. The zero-order chi connectivity index (χ0) is 16.6. The van der Waals surface area contributed by atoms with Crippen molar-refractivity contribution in [1.29, 1.82) is 0 Å². The van der Waals surface area contributed by atoms with Crippen molar-refractivity contribution in [3.63, 3.8) is 0 Å². The number of morpholine rings is 1. The molecule has 2 saturated heterocycles. The van der Waals surface area contributed by atoms with E-state index in [9.17, 15) is 4.79 Å². The summed E-state index contributed by atoms with van der Waals surface area (Å²) in [5.74, 6) is 0.471. The number of aromatic nitrogens is 1. The Bertz CT molecular complexity index is 502. The fraction of sp³-hybridized carbons (Fsp3) is 0.647. The summed E-state index contributed by atoms with van der Waals surface area (Å²) in [5, 5.41) is 5.87. The van der Waals surface area contributed by atoms with Crippen molar-refractivity contribution in [2.75, 3.05) is 46.1 Å². The molecule has 2 N–H and O–H groups in total. The number of nitrogens with zero attached hydrogens (tertiary/aromatic N) is 2. The topological polar surface area (TPSA) is 75.7 Å². The van der Waals surface area contributed by atoms with Gasteiger partial charge in [0.1, 0.15) is 0 Å². The Morgan fingerprint density at radius 3 is 2.83 bits per heavy atom. The van der Waals surface area contributed by atoms with Crippen molar-refractivity contribution >= 4 is 6.03 Å². The van der Waals surface area contributed by atoms with Gasteiger partial charge in [-0.1, -0.05) is 6.07 Å². The second-order valence-corrected chi connectivity index (χ2v) is 6.22. The molecule has 0 bridgehead atoms. The number of ether oxygens (including phenoxy) is 2. The van der Waals surface area contributed by atoms with Crippen LogP contribution in [-0.2, 0) is 16.0 Å². The highest BCUT2D eigenvalue weighted by Gasteiger charge is 2.31. The van der Waals surface area contributed by atoms with Crippen molar-refractivity contribution < 1.29 is 14.3 Å². The molecular weight excluding hydrogens is 308 g/mol. The van der Waals surface area contributed by atoms with Gasteiger partial charge >= 0.3 is 6.03 Å². The van der Waals surface area contributed by atoms with Gasteiger partial charge in [0.05, 0.1) is 32.1 Å². The number of carbonyl (C=O) groups is 1. The van der Waals surface area contributed by atoms with Crippen molar-refractivity contribution in [3.05, 3.63) is 30.1 Å². The van der Waals surface area contributed by atoms with Crippen molar-refractivity contribution in [2.45, 2.75) is 19.0 Å². The summed E-state index contributed by atoms with van der Waals surface area (Å²) in [6, 6.07) is 5.82. The van der Waals surface area contributed by atoms with E-state index in [0.717, 1.165) is 51.6 Å². The highest BCUT2D eigenvalue weighted by Crippen LogP contribution is 2.21. The summed E-state index contributed by atoms with van der Waals surface area (Å²) in [4.78, 5) is 18.7. The normalized spacial score (nSPS) is 22.9. The largest absolute Gasteiger partial charge is 0.381 e. The van der Waals surface area contributed by atoms with Crippen LogP contribution in [0.1, 0.15) is 12.1 Å². The lowest BCUT2D eigenvalue weighted by atomic mass is 9.97. The Kier molecular flexibility index (Phi) is 6.40. The first-order chi connectivity index (χ1) is 11.8. The maximum Gasteiger partial charge on any atom is 0.315 e. The van der Waals surface area contributed by atoms with Crippen LogP contribution in [0.4, 0.5) is 4.79 Å². The van der Waals surface area contributed by atoms with E-state index in [1.54, 1.807) is 6.20 Å². The van der Waals surface area contributed by atoms with Gasteiger partial charge in [-0.25, -0.2) is 4.79 Å². The highest BCUT2D eigenvalue weighted by molar-refractivity contribution is 5.73. The van der Waals surface area contributed by atoms with Crippen molar-refractivity contribution in [1.82, 2.24) is 20.5 Å². The number of hydrogen-bond donors (Lipinski definition) is 2. The van der Waals surface area contributed by atoms with Crippen LogP contribution in [0.3, 0.4) is 0 Å². The molecule has 3 heterocycles. The van der Waals surface area contributed by atoms with Crippen LogP contribution in [0.15, 0.2) is 24.4 Å². The molecule has 2 aliphatic heterocycles. The van der Waals surface area contributed by atoms with Crippen molar-refractivity contribution in [3.8, 4) is 0 Å². The summed E-state index contributed by atoms with van der Waals surface area (Å²) < 4.78 is 11.0. The predicted octanol–water partition coefficient (Wildman–Crippen LogP) is 0.618. The van der Waals surface area contributed by atoms with E-state index in [1.165, 1.54) is 0 Å². The van der Waals surface area contributed by atoms with E-state index in [0.29, 0.717) is 25.0 Å². The zero-order valence-corrected chi connectivity index (χ0v) is 13.9. The van der Waals surface area contributed by atoms with Crippen LogP contribution < -0.4 is 10.6 Å². The predicted molar refractivity (Wildman–Crippen MR) is 89.6 cm³/mol. The van der Waals surface area contributed by atoms with Gasteiger partial charge in [0.25, 0.3) is 0 Å². The number of hydrogen-bond acceptors (Lipinski definition) is 5. The van der Waals surface area contributed by atoms with Gasteiger partial charge in [-0.3, -0.25) is 9.88 Å². The molecule has 2 atom stereocenters. The minimum Gasteiger partial charge on any atom is -0.381 e. The second kappa shape index (κ2) is 8.96. The van der Waals surface area contributed by atoms with E-state index in [4.69, 9.17) is 9.47 Å². The van der Waals surface area contributed by atoms with Crippen molar-refractivity contribution in [2.24, 2.45) is 5.92 Å². The average Bonchev–Trinajstić information content (AvgIpc) is 3.16. The number of amides is 2. The zero-order valence-electron chi connectivity index (χ0n) is 13.9. The molecule has 24 heavy (non-hydrogen) atoms. The molecule has 7 nitrogen and oxygen atoms in total. The summed E-state index contributed by atoms with van der Waals surface area (Å²) in [6.45, 7) is 6.00. The third kappa shape index (κ3) is 4.90. The van der Waals surface area contributed by atoms with Crippen LogP contribution in [0.2, 0.25) is 0 Å². The Labute approximate surface area is 142 Å². The molecule has 0 aliphatic carbocycles. The summed E-state index contributed by atoms with van der Waals surface area (Å²) in [6.07, 6.45) is 2.78. The second-order valence-electron chi connectivity index (χ2n) is 6.22. The number of pyridine rings is 1. The molecule has 2 fully saturated rings. The third-order valence-electron chi connectivity index (χ3n) is 4.65. The number of rotatable bonds is 6. The van der Waals surface area contributed by atoms with Gasteiger partial charge in [0.15, 0.2) is 0 Å². The van der Waals surface area contributed by atoms with Crippen LogP contribution in [-0.4, -0.2) is 68.0 Å². The summed E-state index contributed by atoms with van der Waals surface area (Å²) in [7, 11) is 0. The SMILES string of the molecule is O=C(NCc1ccccn1)NCC(C1CCOC1)N1CCOCC1. The minimum atomic E-state index is -0.155. The lowest BCUT2D eigenvalue weighted by Crippen LogP contribution is -2.53. The Hall–Kier alpha value is -1.70. The summed E-state index contributed by atoms with van der Waals surface area (Å²) in [5.41, 5.74) is 0.849. The first-order valence-corrected chi connectivity index (χ1v) is 8.64. The van der Waals surface area contributed by atoms with Gasteiger partial charge in [-0.2, -0.15) is 0 Å². The van der Waals surface area contributed by atoms with Crippen LogP contribution in [0.25, 0.3) is 0 Å². The van der Waals surface area contributed by atoms with E-state index < -0.39 is 0 Å². The molecule has 132 valence electrons. The first-order valence-electron chi connectivity index (χ1n) is 8.64. The fourth-order valence-electron chi connectivity index (χ4n) is 3.29. The monoisotopic (exact) mass is 334 g/mol. The van der Waals surface area contributed by atoms with Crippen LogP contribution in [0.5, 0.6) is 0 Å². The van der Waals surface area contributed by atoms with Crippen LogP contribution in [0, 0.1) is 5.92 Å². The van der Waals surface area contributed by atoms with E-state index >= 15 is 0 Å². The average molecular weight is 334 g/mol. The smallest absolute Gasteiger partial charge is 0.315 e. The highest BCUT2D eigenvalue weighted by atomic mass is 16.5. The molecule has 0 aromatic carbocycles. The molecule has 0 saturated carbocycles. The van der Waals surface area contributed by atoms with Gasteiger partial charge < -0.3 is 20.1 Å². The molecule has 2 unspecified atom stereocenters. The Morgan fingerprint density at radius 2 is 2.12 bits per heavy atom.